The van der Waals surface area contributed by atoms with Crippen molar-refractivity contribution in [3.8, 4) is 0 Å². The van der Waals surface area contributed by atoms with Gasteiger partial charge in [0.25, 0.3) is 0 Å². The Morgan fingerprint density at radius 1 is 1.06 bits per heavy atom. The van der Waals surface area contributed by atoms with Gasteiger partial charge in [-0.3, -0.25) is 0 Å². The molecule has 2 atom stereocenters. The smallest absolute Gasteiger partial charge is 0.123 e. The summed E-state index contributed by atoms with van der Waals surface area (Å²) in [6.45, 7) is 6.60. The Bertz CT molecular complexity index is 320. The molecule has 0 heterocycles. The van der Waals surface area contributed by atoms with E-state index in [1.54, 1.807) is 0 Å². The minimum atomic E-state index is -0.168. The van der Waals surface area contributed by atoms with E-state index in [1.165, 1.54) is 44.2 Å². The Balaban J connectivity index is 2.30. The van der Waals surface area contributed by atoms with Gasteiger partial charge in [-0.25, -0.2) is 4.39 Å². The number of unbranched alkanes of at least 4 members (excludes halogenated alkanes) is 3. The van der Waals surface area contributed by atoms with Gasteiger partial charge in [0.1, 0.15) is 5.82 Å². The Morgan fingerprint density at radius 3 is 2.33 bits per heavy atom. The number of halogens is 1. The molecule has 18 heavy (non-hydrogen) atoms. The van der Waals surface area contributed by atoms with Crippen LogP contribution in [-0.2, 0) is 0 Å². The maximum atomic E-state index is 12.8. The van der Waals surface area contributed by atoms with Crippen LogP contribution in [-0.4, -0.2) is 6.04 Å². The van der Waals surface area contributed by atoms with Gasteiger partial charge in [0.15, 0.2) is 0 Å². The Morgan fingerprint density at radius 2 is 1.72 bits per heavy atom. The molecule has 0 fully saturated rings. The van der Waals surface area contributed by atoms with Crippen molar-refractivity contribution in [1.29, 1.82) is 0 Å². The van der Waals surface area contributed by atoms with Crippen molar-refractivity contribution >= 4 is 0 Å². The molecule has 0 saturated heterocycles. The van der Waals surface area contributed by atoms with E-state index in [0.717, 1.165) is 5.56 Å². The lowest BCUT2D eigenvalue weighted by Gasteiger charge is -2.20. The Hall–Kier alpha value is -0.890. The van der Waals surface area contributed by atoms with Crippen molar-refractivity contribution in [1.82, 2.24) is 5.32 Å². The van der Waals surface area contributed by atoms with E-state index in [1.807, 2.05) is 12.1 Å². The molecule has 2 heteroatoms. The molecule has 0 saturated carbocycles. The van der Waals surface area contributed by atoms with Crippen molar-refractivity contribution in [2.45, 2.75) is 65.0 Å². The van der Waals surface area contributed by atoms with Crippen LogP contribution in [0.1, 0.15) is 64.5 Å². The summed E-state index contributed by atoms with van der Waals surface area (Å²) < 4.78 is 12.8. The molecule has 1 aromatic rings. The molecular weight excluding hydrogens is 225 g/mol. The van der Waals surface area contributed by atoms with E-state index < -0.39 is 0 Å². The second-order valence-corrected chi connectivity index (χ2v) is 5.19. The first-order valence-corrected chi connectivity index (χ1v) is 7.15. The highest BCUT2D eigenvalue weighted by Gasteiger charge is 2.09. The van der Waals surface area contributed by atoms with Crippen LogP contribution < -0.4 is 5.32 Å². The summed E-state index contributed by atoms with van der Waals surface area (Å²) >= 11 is 0. The fourth-order valence-electron chi connectivity index (χ4n) is 2.24. The van der Waals surface area contributed by atoms with Gasteiger partial charge in [-0.15, -0.1) is 0 Å². The summed E-state index contributed by atoms with van der Waals surface area (Å²) in [5.74, 6) is -0.168. The van der Waals surface area contributed by atoms with E-state index in [0.29, 0.717) is 6.04 Å². The molecule has 1 aromatic carbocycles. The average molecular weight is 251 g/mol. The Kier molecular flexibility index (Phi) is 6.96. The molecule has 0 aliphatic carbocycles. The van der Waals surface area contributed by atoms with E-state index in [2.05, 4.69) is 26.1 Å². The maximum absolute atomic E-state index is 12.8. The average Bonchev–Trinajstić information content (AvgIpc) is 2.35. The second-order valence-electron chi connectivity index (χ2n) is 5.19. The molecule has 1 unspecified atom stereocenters. The lowest BCUT2D eigenvalue weighted by atomic mass is 10.0. The minimum Gasteiger partial charge on any atom is -0.308 e. The van der Waals surface area contributed by atoms with Crippen LogP contribution in [0, 0.1) is 5.82 Å². The molecule has 0 amide bonds. The van der Waals surface area contributed by atoms with Crippen LogP contribution in [0.15, 0.2) is 24.3 Å². The third-order valence-electron chi connectivity index (χ3n) is 3.40. The SMILES string of the molecule is CCCCCCC(C)N[C@H](C)c1ccc(F)cc1. The first kappa shape index (κ1) is 15.2. The Labute approximate surface area is 111 Å². The minimum absolute atomic E-state index is 0.168. The molecule has 1 N–H and O–H groups in total. The molecule has 0 aromatic heterocycles. The van der Waals surface area contributed by atoms with E-state index in [4.69, 9.17) is 0 Å². The summed E-state index contributed by atoms with van der Waals surface area (Å²) in [6, 6.07) is 7.57. The molecule has 1 nitrogen and oxygen atoms in total. The summed E-state index contributed by atoms with van der Waals surface area (Å²) in [5, 5.41) is 3.57. The maximum Gasteiger partial charge on any atom is 0.123 e. The van der Waals surface area contributed by atoms with Crippen LogP contribution >= 0.6 is 0 Å². The summed E-state index contributed by atoms with van der Waals surface area (Å²) in [5.41, 5.74) is 1.15. The highest BCUT2D eigenvalue weighted by molar-refractivity contribution is 5.19. The molecule has 1 rings (SSSR count). The van der Waals surface area contributed by atoms with E-state index >= 15 is 0 Å². The third kappa shape index (κ3) is 5.63. The lowest BCUT2D eigenvalue weighted by Crippen LogP contribution is -2.28. The molecular formula is C16H26FN. The zero-order valence-electron chi connectivity index (χ0n) is 11.9. The van der Waals surface area contributed by atoms with Gasteiger partial charge in [0.05, 0.1) is 0 Å². The van der Waals surface area contributed by atoms with Crippen LogP contribution in [0.5, 0.6) is 0 Å². The number of nitrogens with one attached hydrogen (secondary N) is 1. The van der Waals surface area contributed by atoms with Crippen molar-refractivity contribution in [3.05, 3.63) is 35.6 Å². The summed E-state index contributed by atoms with van der Waals surface area (Å²) in [4.78, 5) is 0. The van der Waals surface area contributed by atoms with Gasteiger partial charge >= 0.3 is 0 Å². The molecule has 102 valence electrons. The lowest BCUT2D eigenvalue weighted by molar-refractivity contribution is 0.437. The van der Waals surface area contributed by atoms with Crippen LogP contribution in [0.2, 0.25) is 0 Å². The zero-order chi connectivity index (χ0) is 13.4. The summed E-state index contributed by atoms with van der Waals surface area (Å²) in [6.07, 6.45) is 6.45. The normalized spacial score (nSPS) is 14.4. The van der Waals surface area contributed by atoms with Crippen LogP contribution in [0.3, 0.4) is 0 Å². The molecule has 0 bridgehead atoms. The van der Waals surface area contributed by atoms with Crippen LogP contribution in [0.4, 0.5) is 4.39 Å². The highest BCUT2D eigenvalue weighted by atomic mass is 19.1. The largest absolute Gasteiger partial charge is 0.308 e. The molecule has 0 aliphatic rings. The van der Waals surface area contributed by atoms with Gasteiger partial charge < -0.3 is 5.32 Å². The first-order valence-electron chi connectivity index (χ1n) is 7.15. The van der Waals surface area contributed by atoms with E-state index in [-0.39, 0.29) is 11.9 Å². The summed E-state index contributed by atoms with van der Waals surface area (Å²) in [7, 11) is 0. The second kappa shape index (κ2) is 8.25. The number of hydrogen-bond acceptors (Lipinski definition) is 1. The zero-order valence-corrected chi connectivity index (χ0v) is 11.9. The predicted octanol–water partition coefficient (Wildman–Crippen LogP) is 4.84. The van der Waals surface area contributed by atoms with Crippen LogP contribution in [0.25, 0.3) is 0 Å². The van der Waals surface area contributed by atoms with Crippen molar-refractivity contribution in [2.24, 2.45) is 0 Å². The van der Waals surface area contributed by atoms with Crippen molar-refractivity contribution in [2.75, 3.05) is 0 Å². The topological polar surface area (TPSA) is 12.0 Å². The van der Waals surface area contributed by atoms with Gasteiger partial charge in [-0.2, -0.15) is 0 Å². The van der Waals surface area contributed by atoms with Crippen molar-refractivity contribution in [3.63, 3.8) is 0 Å². The fourth-order valence-corrected chi connectivity index (χ4v) is 2.24. The van der Waals surface area contributed by atoms with Gasteiger partial charge in [-0.05, 0) is 38.0 Å². The predicted molar refractivity (Wildman–Crippen MR) is 76.2 cm³/mol. The number of benzene rings is 1. The standard InChI is InChI=1S/C16H26FN/c1-4-5-6-7-8-13(2)18-14(3)15-9-11-16(17)12-10-15/h9-14,18H,4-8H2,1-3H3/t13?,14-/m1/s1. The van der Waals surface area contributed by atoms with Gasteiger partial charge in [-0.1, -0.05) is 44.7 Å². The van der Waals surface area contributed by atoms with E-state index in [9.17, 15) is 4.39 Å². The van der Waals surface area contributed by atoms with Crippen molar-refractivity contribution < 1.29 is 4.39 Å². The van der Waals surface area contributed by atoms with Gasteiger partial charge in [0.2, 0.25) is 0 Å². The van der Waals surface area contributed by atoms with Gasteiger partial charge in [0, 0.05) is 12.1 Å². The molecule has 0 spiro atoms. The molecule has 0 aliphatic heterocycles. The first-order chi connectivity index (χ1) is 8.63. The number of rotatable bonds is 8. The fraction of sp³-hybridized carbons (Fsp3) is 0.625. The molecule has 0 radical (unpaired) electrons. The quantitative estimate of drug-likeness (QED) is 0.652. The third-order valence-corrected chi connectivity index (χ3v) is 3.40. The monoisotopic (exact) mass is 251 g/mol. The highest BCUT2D eigenvalue weighted by Crippen LogP contribution is 2.15. The number of hydrogen-bond donors (Lipinski definition) is 1.